The van der Waals surface area contributed by atoms with Crippen molar-refractivity contribution >= 4 is 39.1 Å². The predicted octanol–water partition coefficient (Wildman–Crippen LogP) is 5.62. The van der Waals surface area contributed by atoms with Crippen LogP contribution in [0.5, 0.6) is 0 Å². The first-order chi connectivity index (χ1) is 8.09. The zero-order valence-electron chi connectivity index (χ0n) is 8.63. The number of alkyl halides is 1. The zero-order valence-corrected chi connectivity index (χ0v) is 11.7. The highest BCUT2D eigenvalue weighted by atomic mass is 79.9. The molecule has 2 aromatic carbocycles. The minimum Gasteiger partial charge on any atom is -0.205 e. The van der Waals surface area contributed by atoms with Crippen molar-refractivity contribution in [3.8, 4) is 0 Å². The topological polar surface area (TPSA) is 0 Å². The Labute approximate surface area is 117 Å². The summed E-state index contributed by atoms with van der Waals surface area (Å²) in [6, 6.07) is 12.2. The molecule has 0 spiro atoms. The Morgan fingerprint density at radius 1 is 1.00 bits per heavy atom. The van der Waals surface area contributed by atoms with Crippen molar-refractivity contribution in [2.45, 2.75) is 4.83 Å². The lowest BCUT2D eigenvalue weighted by Gasteiger charge is -2.12. The normalized spacial score (nSPS) is 12.5. The van der Waals surface area contributed by atoms with E-state index in [9.17, 15) is 4.39 Å². The van der Waals surface area contributed by atoms with Crippen molar-refractivity contribution in [3.63, 3.8) is 0 Å². The summed E-state index contributed by atoms with van der Waals surface area (Å²) in [5.41, 5.74) is 1.44. The molecule has 0 amide bonds. The molecule has 1 unspecified atom stereocenters. The maximum absolute atomic E-state index is 13.8. The standard InChI is InChI=1S/C13H8BrCl2F/c14-12(8-4-6-9(15)7-5-8)10-2-1-3-11(16)13(10)17/h1-7,12H. The third kappa shape index (κ3) is 2.82. The largest absolute Gasteiger partial charge is 0.205 e. The summed E-state index contributed by atoms with van der Waals surface area (Å²) in [5.74, 6) is -0.397. The third-order valence-electron chi connectivity index (χ3n) is 2.42. The summed E-state index contributed by atoms with van der Waals surface area (Å²) in [6.07, 6.45) is 0. The van der Waals surface area contributed by atoms with Gasteiger partial charge in [0.15, 0.2) is 0 Å². The molecule has 2 rings (SSSR count). The number of hydrogen-bond donors (Lipinski definition) is 0. The second-order valence-electron chi connectivity index (χ2n) is 3.56. The van der Waals surface area contributed by atoms with Gasteiger partial charge < -0.3 is 0 Å². The minimum absolute atomic E-state index is 0.126. The number of hydrogen-bond acceptors (Lipinski definition) is 0. The lowest BCUT2D eigenvalue weighted by Crippen LogP contribution is -1.96. The Morgan fingerprint density at radius 2 is 1.65 bits per heavy atom. The Balaban J connectivity index is 2.40. The molecule has 0 aliphatic rings. The summed E-state index contributed by atoms with van der Waals surface area (Å²) >= 11 is 15.0. The Hall–Kier alpha value is -0.570. The molecule has 1 atom stereocenters. The van der Waals surface area contributed by atoms with E-state index in [1.165, 1.54) is 6.07 Å². The van der Waals surface area contributed by atoms with Crippen LogP contribution in [0, 0.1) is 5.82 Å². The zero-order chi connectivity index (χ0) is 12.4. The Kier molecular flexibility index (Phi) is 4.08. The van der Waals surface area contributed by atoms with Gasteiger partial charge in [-0.1, -0.05) is 63.4 Å². The van der Waals surface area contributed by atoms with Gasteiger partial charge >= 0.3 is 0 Å². The molecule has 0 N–H and O–H groups in total. The van der Waals surface area contributed by atoms with Gasteiger partial charge in [-0.3, -0.25) is 0 Å². The molecule has 0 heterocycles. The third-order valence-corrected chi connectivity index (χ3v) is 3.98. The summed E-state index contributed by atoms with van der Waals surface area (Å²) < 4.78 is 13.8. The maximum Gasteiger partial charge on any atom is 0.146 e. The molecule has 0 saturated carbocycles. The van der Waals surface area contributed by atoms with Crippen LogP contribution in [0.2, 0.25) is 10.0 Å². The summed E-state index contributed by atoms with van der Waals surface area (Å²) in [4.78, 5) is -0.238. The quantitative estimate of drug-likeness (QED) is 0.626. The second kappa shape index (κ2) is 5.38. The molecule has 0 aliphatic carbocycles. The van der Waals surface area contributed by atoms with Crippen LogP contribution in [-0.4, -0.2) is 0 Å². The van der Waals surface area contributed by atoms with E-state index >= 15 is 0 Å². The van der Waals surface area contributed by atoms with Gasteiger partial charge in [-0.05, 0) is 23.8 Å². The highest BCUT2D eigenvalue weighted by Gasteiger charge is 2.16. The fourth-order valence-corrected chi connectivity index (χ4v) is 2.49. The molecule has 0 fully saturated rings. The fraction of sp³-hybridized carbons (Fsp3) is 0.0769. The maximum atomic E-state index is 13.8. The number of halogens is 4. The van der Waals surface area contributed by atoms with Gasteiger partial charge in [0, 0.05) is 10.6 Å². The van der Waals surface area contributed by atoms with E-state index in [0.717, 1.165) is 5.56 Å². The molecule has 0 aliphatic heterocycles. The summed E-state index contributed by atoms with van der Waals surface area (Å²) in [7, 11) is 0. The van der Waals surface area contributed by atoms with Gasteiger partial charge in [0.1, 0.15) is 5.82 Å². The van der Waals surface area contributed by atoms with Crippen molar-refractivity contribution in [2.24, 2.45) is 0 Å². The first kappa shape index (κ1) is 12.9. The number of benzene rings is 2. The van der Waals surface area contributed by atoms with E-state index in [1.807, 2.05) is 12.1 Å². The number of rotatable bonds is 2. The van der Waals surface area contributed by atoms with E-state index in [0.29, 0.717) is 10.6 Å². The Morgan fingerprint density at radius 3 is 2.29 bits per heavy atom. The van der Waals surface area contributed by atoms with Gasteiger partial charge in [-0.25, -0.2) is 4.39 Å². The first-order valence-corrected chi connectivity index (χ1v) is 6.60. The van der Waals surface area contributed by atoms with Crippen LogP contribution >= 0.6 is 39.1 Å². The van der Waals surface area contributed by atoms with Crippen LogP contribution < -0.4 is 0 Å². The first-order valence-electron chi connectivity index (χ1n) is 4.93. The van der Waals surface area contributed by atoms with Crippen molar-refractivity contribution < 1.29 is 4.39 Å². The van der Waals surface area contributed by atoms with Gasteiger partial charge in [0.05, 0.1) is 9.85 Å². The molecule has 0 aromatic heterocycles. The molecule has 17 heavy (non-hydrogen) atoms. The fourth-order valence-electron chi connectivity index (χ4n) is 1.53. The van der Waals surface area contributed by atoms with Crippen LogP contribution in [0.15, 0.2) is 42.5 Å². The summed E-state index contributed by atoms with van der Waals surface area (Å²) in [6.45, 7) is 0. The Bertz CT molecular complexity index is 525. The van der Waals surface area contributed by atoms with Gasteiger partial charge in [-0.2, -0.15) is 0 Å². The predicted molar refractivity (Wildman–Crippen MR) is 73.6 cm³/mol. The van der Waals surface area contributed by atoms with Crippen molar-refractivity contribution in [2.75, 3.05) is 0 Å². The molecule has 0 nitrogen and oxygen atoms in total. The summed E-state index contributed by atoms with van der Waals surface area (Å²) in [5, 5.41) is 0.779. The second-order valence-corrected chi connectivity index (χ2v) is 5.32. The van der Waals surface area contributed by atoms with Gasteiger partial charge in [0.2, 0.25) is 0 Å². The minimum atomic E-state index is -0.397. The molecule has 4 heteroatoms. The molecule has 2 aromatic rings. The van der Waals surface area contributed by atoms with Crippen LogP contribution in [0.1, 0.15) is 16.0 Å². The molecular weight excluding hydrogens is 326 g/mol. The van der Waals surface area contributed by atoms with Crippen LogP contribution in [0.4, 0.5) is 4.39 Å². The monoisotopic (exact) mass is 332 g/mol. The van der Waals surface area contributed by atoms with Crippen LogP contribution in [0.25, 0.3) is 0 Å². The smallest absolute Gasteiger partial charge is 0.146 e. The highest BCUT2D eigenvalue weighted by molar-refractivity contribution is 9.09. The van der Waals surface area contributed by atoms with Gasteiger partial charge in [-0.15, -0.1) is 0 Å². The lowest BCUT2D eigenvalue weighted by atomic mass is 10.0. The molecule has 0 saturated heterocycles. The van der Waals surface area contributed by atoms with Crippen LogP contribution in [0.3, 0.4) is 0 Å². The molecular formula is C13H8BrCl2F. The molecule has 88 valence electrons. The van der Waals surface area contributed by atoms with E-state index in [4.69, 9.17) is 23.2 Å². The van der Waals surface area contributed by atoms with Crippen molar-refractivity contribution in [1.29, 1.82) is 0 Å². The lowest BCUT2D eigenvalue weighted by molar-refractivity contribution is 0.614. The molecule has 0 radical (unpaired) electrons. The van der Waals surface area contributed by atoms with Crippen molar-refractivity contribution in [1.82, 2.24) is 0 Å². The van der Waals surface area contributed by atoms with Crippen molar-refractivity contribution in [3.05, 3.63) is 69.5 Å². The van der Waals surface area contributed by atoms with Crippen LogP contribution in [-0.2, 0) is 0 Å². The van der Waals surface area contributed by atoms with E-state index in [1.54, 1.807) is 24.3 Å². The highest BCUT2D eigenvalue weighted by Crippen LogP contribution is 2.34. The SMILES string of the molecule is Fc1c(Cl)cccc1C(Br)c1ccc(Cl)cc1. The average molecular weight is 334 g/mol. The van der Waals surface area contributed by atoms with E-state index in [2.05, 4.69) is 15.9 Å². The van der Waals surface area contributed by atoms with E-state index < -0.39 is 5.82 Å². The van der Waals surface area contributed by atoms with Gasteiger partial charge in [0.25, 0.3) is 0 Å². The average Bonchev–Trinajstić information content (AvgIpc) is 2.33. The molecule has 0 bridgehead atoms. The van der Waals surface area contributed by atoms with E-state index in [-0.39, 0.29) is 9.85 Å².